The van der Waals surface area contributed by atoms with Crippen LogP contribution >= 0.6 is 11.5 Å². The molecule has 37 heavy (non-hydrogen) atoms. The van der Waals surface area contributed by atoms with Gasteiger partial charge in [0.05, 0.1) is 11.8 Å². The van der Waals surface area contributed by atoms with E-state index in [2.05, 4.69) is 9.69 Å². The number of amides is 3. The molecule has 11 heteroatoms. The van der Waals surface area contributed by atoms with Crippen LogP contribution in [0, 0.1) is 5.82 Å². The lowest BCUT2D eigenvalue weighted by molar-refractivity contribution is -0.123. The van der Waals surface area contributed by atoms with Crippen LogP contribution in [0.25, 0.3) is 0 Å². The Morgan fingerprint density at radius 2 is 1.89 bits per heavy atom. The summed E-state index contributed by atoms with van der Waals surface area (Å²) in [5, 5.41) is 2.89. The maximum Gasteiger partial charge on any atom is 0.273 e. The second-order valence-electron chi connectivity index (χ2n) is 8.67. The van der Waals surface area contributed by atoms with Crippen molar-refractivity contribution in [3.63, 3.8) is 0 Å². The fraction of sp³-hybridized carbons (Fsp3) is 0.308. The van der Waals surface area contributed by atoms with Crippen molar-refractivity contribution in [2.45, 2.75) is 38.3 Å². The summed E-state index contributed by atoms with van der Waals surface area (Å²) in [6.07, 6.45) is 2.38. The summed E-state index contributed by atoms with van der Waals surface area (Å²) < 4.78 is 23.4. The zero-order chi connectivity index (χ0) is 26.5. The number of nitrogen functional groups attached to an aromatic ring is 1. The first-order chi connectivity index (χ1) is 17.8. The Labute approximate surface area is 217 Å². The second-order valence-corrected chi connectivity index (χ2v) is 9.44. The molecule has 3 aromatic rings. The first kappa shape index (κ1) is 26.2. The number of carbonyl (C=O) groups excluding carboxylic acids is 3. The Hall–Kier alpha value is -3.83. The van der Waals surface area contributed by atoms with Crippen LogP contribution in [0.4, 0.5) is 15.8 Å². The molecule has 2 atom stereocenters. The number of nitrogens with two attached hydrogens (primary N) is 2. The summed E-state index contributed by atoms with van der Waals surface area (Å²) in [7, 11) is 0. The number of aromatic nitrogens is 1. The molecule has 0 spiro atoms. The van der Waals surface area contributed by atoms with Gasteiger partial charge in [0.25, 0.3) is 11.8 Å². The molecular formula is C26H28FN5O4S. The molecule has 5 N–H and O–H groups in total. The number of nitrogens with one attached hydrogen (secondary N) is 1. The zero-order valence-electron chi connectivity index (χ0n) is 20.3. The molecule has 3 amide bonds. The van der Waals surface area contributed by atoms with E-state index in [4.69, 9.17) is 16.2 Å². The average molecular weight is 526 g/mol. The van der Waals surface area contributed by atoms with Gasteiger partial charge in [-0.15, -0.1) is 0 Å². The zero-order valence-corrected chi connectivity index (χ0v) is 21.1. The summed E-state index contributed by atoms with van der Waals surface area (Å²) in [5.74, 6) is -2.47. The molecule has 0 aliphatic carbocycles. The Balaban J connectivity index is 1.80. The Morgan fingerprint density at radius 1 is 1.19 bits per heavy atom. The van der Waals surface area contributed by atoms with Gasteiger partial charge in [0.1, 0.15) is 16.7 Å². The van der Waals surface area contributed by atoms with Crippen molar-refractivity contribution in [3.8, 4) is 0 Å². The monoisotopic (exact) mass is 525 g/mol. The third kappa shape index (κ3) is 5.78. The van der Waals surface area contributed by atoms with Crippen molar-refractivity contribution in [2.75, 3.05) is 23.8 Å². The Morgan fingerprint density at radius 3 is 2.46 bits per heavy atom. The van der Waals surface area contributed by atoms with Crippen LogP contribution in [0.15, 0.2) is 48.5 Å². The van der Waals surface area contributed by atoms with Crippen LogP contribution < -0.4 is 21.7 Å². The molecule has 0 unspecified atom stereocenters. The predicted octanol–water partition coefficient (Wildman–Crippen LogP) is 3.21. The van der Waals surface area contributed by atoms with E-state index in [0.717, 1.165) is 36.4 Å². The number of ether oxygens (including phenoxy) is 1. The predicted molar refractivity (Wildman–Crippen MR) is 139 cm³/mol. The average Bonchev–Trinajstić information content (AvgIpc) is 3.56. The molecule has 194 valence electrons. The number of halogens is 1. The van der Waals surface area contributed by atoms with Gasteiger partial charge in [-0.1, -0.05) is 31.2 Å². The van der Waals surface area contributed by atoms with Gasteiger partial charge in [0, 0.05) is 18.8 Å². The van der Waals surface area contributed by atoms with E-state index in [-0.39, 0.29) is 28.9 Å². The van der Waals surface area contributed by atoms with Crippen molar-refractivity contribution in [1.82, 2.24) is 9.69 Å². The van der Waals surface area contributed by atoms with E-state index < -0.39 is 29.6 Å². The number of primary amides is 1. The quantitative estimate of drug-likeness (QED) is 0.392. The molecule has 2 aromatic carbocycles. The Kier molecular flexibility index (Phi) is 8.14. The van der Waals surface area contributed by atoms with Crippen LogP contribution in [0.3, 0.4) is 0 Å². The van der Waals surface area contributed by atoms with Gasteiger partial charge < -0.3 is 21.5 Å². The van der Waals surface area contributed by atoms with Crippen molar-refractivity contribution in [1.29, 1.82) is 0 Å². The molecule has 1 saturated heterocycles. The number of hydrogen-bond donors (Lipinski definition) is 3. The number of benzene rings is 2. The van der Waals surface area contributed by atoms with Crippen LogP contribution in [0.2, 0.25) is 0 Å². The topological polar surface area (TPSA) is 141 Å². The minimum absolute atomic E-state index is 0.0348. The van der Waals surface area contributed by atoms with E-state index >= 15 is 0 Å². The van der Waals surface area contributed by atoms with Gasteiger partial charge in [-0.2, -0.15) is 4.37 Å². The third-order valence-corrected chi connectivity index (χ3v) is 7.07. The van der Waals surface area contributed by atoms with Gasteiger partial charge in [-0.05, 0) is 66.2 Å². The highest BCUT2D eigenvalue weighted by Crippen LogP contribution is 2.33. The summed E-state index contributed by atoms with van der Waals surface area (Å²) in [6.45, 7) is 2.90. The SMILES string of the molecule is CCc1ccc(N(C(=O)c2snc(C(N)=O)c2N)[C@@H](C(=O)NC[C@H]2CCCO2)c2ccc(F)cc2)cc1. The van der Waals surface area contributed by atoms with Crippen LogP contribution in [-0.4, -0.2) is 41.4 Å². The van der Waals surface area contributed by atoms with E-state index in [0.29, 0.717) is 17.9 Å². The third-order valence-electron chi connectivity index (χ3n) is 6.22. The van der Waals surface area contributed by atoms with Gasteiger partial charge in [0.15, 0.2) is 5.69 Å². The second kappa shape index (κ2) is 11.5. The number of rotatable bonds is 9. The lowest BCUT2D eigenvalue weighted by Gasteiger charge is -2.31. The van der Waals surface area contributed by atoms with Crippen molar-refractivity contribution >= 4 is 40.6 Å². The van der Waals surface area contributed by atoms with E-state index in [1.807, 2.05) is 19.1 Å². The van der Waals surface area contributed by atoms with Gasteiger partial charge in [-0.25, -0.2) is 4.39 Å². The molecule has 0 saturated carbocycles. The van der Waals surface area contributed by atoms with Crippen LogP contribution in [0.5, 0.6) is 0 Å². The minimum atomic E-state index is -1.18. The minimum Gasteiger partial charge on any atom is -0.395 e. The highest BCUT2D eigenvalue weighted by Gasteiger charge is 2.36. The summed E-state index contributed by atoms with van der Waals surface area (Å²) in [4.78, 5) is 40.6. The molecule has 9 nitrogen and oxygen atoms in total. The van der Waals surface area contributed by atoms with Gasteiger partial charge >= 0.3 is 0 Å². The van der Waals surface area contributed by atoms with Crippen LogP contribution in [0.1, 0.15) is 57.1 Å². The molecule has 0 radical (unpaired) electrons. The van der Waals surface area contributed by atoms with Gasteiger partial charge in [0.2, 0.25) is 5.91 Å². The number of carbonyl (C=O) groups is 3. The number of hydrogen-bond acceptors (Lipinski definition) is 7. The highest BCUT2D eigenvalue weighted by atomic mass is 32.1. The smallest absolute Gasteiger partial charge is 0.273 e. The first-order valence-corrected chi connectivity index (χ1v) is 12.7. The summed E-state index contributed by atoms with van der Waals surface area (Å²) in [6, 6.07) is 11.4. The summed E-state index contributed by atoms with van der Waals surface area (Å²) in [5.41, 5.74) is 12.9. The van der Waals surface area contributed by atoms with Crippen molar-refractivity contribution in [2.24, 2.45) is 5.73 Å². The fourth-order valence-corrected chi connectivity index (χ4v) is 4.94. The molecular weight excluding hydrogens is 497 g/mol. The first-order valence-electron chi connectivity index (χ1n) is 11.9. The standard InChI is InChI=1S/C26H28FN5O4S/c1-2-15-5-11-18(12-6-15)32(26(35)23-20(28)21(24(29)33)31-37-23)22(16-7-9-17(27)10-8-16)25(34)30-14-19-4-3-13-36-19/h5-12,19,22H,2-4,13-14,28H2,1H3,(H2,29,33)(H,30,34)/t19-,22-/m1/s1. The lowest BCUT2D eigenvalue weighted by Crippen LogP contribution is -2.45. The normalized spacial score (nSPS) is 15.8. The van der Waals surface area contributed by atoms with Crippen molar-refractivity contribution < 1.29 is 23.5 Å². The number of aryl methyl sites for hydroxylation is 1. The van der Waals surface area contributed by atoms with E-state index in [1.165, 1.54) is 29.2 Å². The highest BCUT2D eigenvalue weighted by molar-refractivity contribution is 7.09. The van der Waals surface area contributed by atoms with Crippen molar-refractivity contribution in [3.05, 3.63) is 76.0 Å². The Bertz CT molecular complexity index is 1270. The molecule has 4 rings (SSSR count). The molecule has 1 aliphatic rings. The largest absolute Gasteiger partial charge is 0.395 e. The van der Waals surface area contributed by atoms with E-state index in [9.17, 15) is 18.8 Å². The number of anilines is 2. The van der Waals surface area contributed by atoms with Crippen LogP contribution in [-0.2, 0) is 16.0 Å². The molecule has 2 heterocycles. The molecule has 1 fully saturated rings. The van der Waals surface area contributed by atoms with E-state index in [1.54, 1.807) is 12.1 Å². The maximum absolute atomic E-state index is 14.0. The summed E-state index contributed by atoms with van der Waals surface area (Å²) >= 11 is 0.725. The molecule has 1 aliphatic heterocycles. The maximum atomic E-state index is 14.0. The molecule has 1 aromatic heterocycles. The number of nitrogens with zero attached hydrogens (tertiary/aromatic N) is 2. The lowest BCUT2D eigenvalue weighted by atomic mass is 10.0. The fourth-order valence-electron chi connectivity index (χ4n) is 4.19. The molecule has 0 bridgehead atoms. The van der Waals surface area contributed by atoms with Gasteiger partial charge in [-0.3, -0.25) is 19.3 Å².